The van der Waals surface area contributed by atoms with Crippen LogP contribution >= 0.6 is 11.6 Å². The predicted octanol–water partition coefficient (Wildman–Crippen LogP) is 2.60. The van der Waals surface area contributed by atoms with Crippen molar-refractivity contribution in [3.63, 3.8) is 0 Å². The maximum absolute atomic E-state index is 7.26. The van der Waals surface area contributed by atoms with E-state index < -0.39 is 0 Å². The van der Waals surface area contributed by atoms with Gasteiger partial charge in [-0.3, -0.25) is 0 Å². The van der Waals surface area contributed by atoms with E-state index in [1.54, 1.807) is 6.08 Å². The van der Waals surface area contributed by atoms with Gasteiger partial charge in [0.15, 0.2) is 0 Å². The number of hydrogen-bond donors (Lipinski definition) is 1. The van der Waals surface area contributed by atoms with Crippen LogP contribution < -0.4 is 0 Å². The van der Waals surface area contributed by atoms with Crippen LogP contribution in [0.2, 0.25) is 0 Å². The van der Waals surface area contributed by atoms with E-state index in [0.29, 0.717) is 12.3 Å². The molecule has 0 atom stereocenters. The Kier molecular flexibility index (Phi) is 5.64. The highest BCUT2D eigenvalue weighted by Gasteiger charge is 1.91. The Hall–Kier alpha value is -0.300. The molecule has 0 aliphatic rings. The molecule has 9 heavy (non-hydrogen) atoms. The van der Waals surface area contributed by atoms with Gasteiger partial charge in [0.1, 0.15) is 0 Å². The molecule has 0 spiro atoms. The molecule has 0 saturated heterocycles. The van der Waals surface area contributed by atoms with Gasteiger partial charge in [-0.2, -0.15) is 0 Å². The maximum atomic E-state index is 7.26. The van der Waals surface area contributed by atoms with E-state index in [0.717, 1.165) is 18.6 Å². The number of halogens is 1. The van der Waals surface area contributed by atoms with E-state index in [1.165, 1.54) is 0 Å². The van der Waals surface area contributed by atoms with Gasteiger partial charge in [0.2, 0.25) is 0 Å². The number of allylic oxidation sites excluding steroid dienone is 1. The van der Waals surface area contributed by atoms with E-state index in [9.17, 15) is 0 Å². The second-order valence-electron chi connectivity index (χ2n) is 1.89. The minimum absolute atomic E-state index is 0.652. The molecule has 2 heteroatoms. The highest BCUT2D eigenvalue weighted by Crippen LogP contribution is 1.97. The lowest BCUT2D eigenvalue weighted by molar-refractivity contribution is 0.977. The molecule has 0 rings (SSSR count). The lowest BCUT2D eigenvalue weighted by Crippen LogP contribution is -1.93. The monoisotopic (exact) mass is 145 g/mol. The Morgan fingerprint density at radius 1 is 1.67 bits per heavy atom. The van der Waals surface area contributed by atoms with Crippen LogP contribution in [0, 0.1) is 5.41 Å². The van der Waals surface area contributed by atoms with Gasteiger partial charge in [-0.15, -0.1) is 18.2 Å². The first-order chi connectivity index (χ1) is 4.31. The van der Waals surface area contributed by atoms with Crippen molar-refractivity contribution in [2.75, 3.05) is 5.88 Å². The topological polar surface area (TPSA) is 23.9 Å². The van der Waals surface area contributed by atoms with Gasteiger partial charge in [0.25, 0.3) is 0 Å². The van der Waals surface area contributed by atoms with Crippen LogP contribution in [0.15, 0.2) is 12.7 Å². The van der Waals surface area contributed by atoms with Crippen molar-refractivity contribution < 1.29 is 0 Å². The van der Waals surface area contributed by atoms with Crippen LogP contribution in [0.4, 0.5) is 0 Å². The summed E-state index contributed by atoms with van der Waals surface area (Å²) in [6.07, 6.45) is 4.18. The third kappa shape index (κ3) is 5.57. The molecule has 0 saturated carbocycles. The fraction of sp³-hybridized carbons (Fsp3) is 0.571. The fourth-order valence-corrected chi connectivity index (χ4v) is 0.690. The quantitative estimate of drug-likeness (QED) is 0.349. The maximum Gasteiger partial charge on any atom is 0.0227 e. The van der Waals surface area contributed by atoms with Crippen LogP contribution in [-0.2, 0) is 0 Å². The molecule has 0 aromatic heterocycles. The van der Waals surface area contributed by atoms with Crippen molar-refractivity contribution >= 4 is 17.3 Å². The zero-order chi connectivity index (χ0) is 7.11. The summed E-state index contributed by atoms with van der Waals surface area (Å²) in [5.41, 5.74) is 0.727. The lowest BCUT2D eigenvalue weighted by Gasteiger charge is -1.95. The largest absolute Gasteiger partial charge is 0.309 e. The summed E-state index contributed by atoms with van der Waals surface area (Å²) in [6.45, 7) is 3.53. The van der Waals surface area contributed by atoms with Crippen LogP contribution in [0.25, 0.3) is 0 Å². The number of rotatable bonds is 5. The zero-order valence-corrected chi connectivity index (χ0v) is 6.25. The standard InChI is InChI=1S/C7H12ClN/c1-2-4-7(9)5-3-6-8/h2,9H,1,3-6H2. The first-order valence-corrected chi connectivity index (χ1v) is 3.58. The summed E-state index contributed by atoms with van der Waals surface area (Å²) in [7, 11) is 0. The Balaban J connectivity index is 3.16. The molecule has 0 unspecified atom stereocenters. The average molecular weight is 146 g/mol. The summed E-state index contributed by atoms with van der Waals surface area (Å²) < 4.78 is 0. The van der Waals surface area contributed by atoms with Crippen LogP contribution in [0.3, 0.4) is 0 Å². The van der Waals surface area contributed by atoms with Crippen molar-refractivity contribution in [1.29, 1.82) is 5.41 Å². The van der Waals surface area contributed by atoms with Crippen molar-refractivity contribution in [2.45, 2.75) is 19.3 Å². The second kappa shape index (κ2) is 5.83. The summed E-state index contributed by atoms with van der Waals surface area (Å²) in [6, 6.07) is 0. The smallest absolute Gasteiger partial charge is 0.0227 e. The second-order valence-corrected chi connectivity index (χ2v) is 2.27. The molecule has 0 bridgehead atoms. The van der Waals surface area contributed by atoms with E-state index in [4.69, 9.17) is 17.0 Å². The molecule has 0 fully saturated rings. The lowest BCUT2D eigenvalue weighted by atomic mass is 10.2. The van der Waals surface area contributed by atoms with E-state index in [2.05, 4.69) is 6.58 Å². The number of alkyl halides is 1. The van der Waals surface area contributed by atoms with Gasteiger partial charge in [0, 0.05) is 18.0 Å². The third-order valence-electron chi connectivity index (χ3n) is 1.00. The van der Waals surface area contributed by atoms with Crippen molar-refractivity contribution in [1.82, 2.24) is 0 Å². The first-order valence-electron chi connectivity index (χ1n) is 3.04. The molecular formula is C7H12ClN. The molecule has 0 heterocycles. The molecule has 1 nitrogen and oxygen atoms in total. The minimum atomic E-state index is 0.652. The molecule has 0 aliphatic heterocycles. The van der Waals surface area contributed by atoms with Crippen molar-refractivity contribution in [2.24, 2.45) is 0 Å². The van der Waals surface area contributed by atoms with Gasteiger partial charge in [-0.05, 0) is 12.8 Å². The van der Waals surface area contributed by atoms with Gasteiger partial charge >= 0.3 is 0 Å². The van der Waals surface area contributed by atoms with Crippen LogP contribution in [0.5, 0.6) is 0 Å². The van der Waals surface area contributed by atoms with E-state index >= 15 is 0 Å². The summed E-state index contributed by atoms with van der Waals surface area (Å²) >= 11 is 5.42. The summed E-state index contributed by atoms with van der Waals surface area (Å²) in [4.78, 5) is 0. The summed E-state index contributed by atoms with van der Waals surface area (Å²) in [5, 5.41) is 7.26. The van der Waals surface area contributed by atoms with Gasteiger partial charge in [-0.25, -0.2) is 0 Å². The number of hydrogen-bond acceptors (Lipinski definition) is 1. The van der Waals surface area contributed by atoms with Gasteiger partial charge in [0.05, 0.1) is 0 Å². The van der Waals surface area contributed by atoms with Crippen LogP contribution in [0.1, 0.15) is 19.3 Å². The fourth-order valence-electron chi connectivity index (χ4n) is 0.556. The Morgan fingerprint density at radius 2 is 2.33 bits per heavy atom. The number of nitrogens with one attached hydrogen (secondary N) is 1. The van der Waals surface area contributed by atoms with E-state index in [1.807, 2.05) is 0 Å². The highest BCUT2D eigenvalue weighted by atomic mass is 35.5. The molecule has 52 valence electrons. The molecule has 0 aliphatic carbocycles. The molecule has 0 aromatic carbocycles. The van der Waals surface area contributed by atoms with Crippen molar-refractivity contribution in [3.05, 3.63) is 12.7 Å². The Morgan fingerprint density at radius 3 is 2.78 bits per heavy atom. The first kappa shape index (κ1) is 8.70. The van der Waals surface area contributed by atoms with Crippen molar-refractivity contribution in [3.8, 4) is 0 Å². The normalized spacial score (nSPS) is 9.00. The Labute approximate surface area is 61.2 Å². The summed E-state index contributed by atoms with van der Waals surface area (Å²) in [5.74, 6) is 0.652. The molecule has 0 amide bonds. The molecule has 1 N–H and O–H groups in total. The predicted molar refractivity (Wildman–Crippen MR) is 42.5 cm³/mol. The molecular weight excluding hydrogens is 134 g/mol. The minimum Gasteiger partial charge on any atom is -0.309 e. The molecule has 0 aromatic rings. The Bertz CT molecular complexity index is 99.1. The zero-order valence-electron chi connectivity index (χ0n) is 5.49. The van der Waals surface area contributed by atoms with Crippen LogP contribution in [-0.4, -0.2) is 11.6 Å². The SMILES string of the molecule is C=CCC(=N)CCCCl. The van der Waals surface area contributed by atoms with Gasteiger partial charge in [-0.1, -0.05) is 6.08 Å². The van der Waals surface area contributed by atoms with E-state index in [-0.39, 0.29) is 0 Å². The third-order valence-corrected chi connectivity index (χ3v) is 1.27. The molecule has 0 radical (unpaired) electrons. The van der Waals surface area contributed by atoms with Gasteiger partial charge < -0.3 is 5.41 Å². The highest BCUT2D eigenvalue weighted by molar-refractivity contribution is 6.17. The average Bonchev–Trinajstić information content (AvgIpc) is 1.85.